The molecule has 0 radical (unpaired) electrons. The number of halogens is 3. The van der Waals surface area contributed by atoms with E-state index in [1.165, 1.54) is 0 Å². The Bertz CT molecular complexity index is 266. The summed E-state index contributed by atoms with van der Waals surface area (Å²) in [5, 5.41) is 5.04. The zero-order chi connectivity index (χ0) is 8.48. The second kappa shape index (κ2) is 2.33. The Hall–Kier alpha value is -1.40. The van der Waals surface area contributed by atoms with Gasteiger partial charge < -0.3 is 0 Å². The van der Waals surface area contributed by atoms with Crippen LogP contribution in [0.15, 0.2) is 17.4 Å². The minimum Gasteiger partial charge on any atom is -0.177 e. The van der Waals surface area contributed by atoms with Crippen molar-refractivity contribution in [2.75, 3.05) is 0 Å². The molecule has 0 atom stereocenters. The van der Waals surface area contributed by atoms with Crippen molar-refractivity contribution in [1.29, 1.82) is 0 Å². The normalized spacial score (nSPS) is 11.5. The van der Waals surface area contributed by atoms with Crippen molar-refractivity contribution >= 4 is 5.82 Å². The molecule has 0 saturated heterocycles. The predicted molar refractivity (Wildman–Crippen MR) is 29.0 cm³/mol. The molecule has 0 unspecified atom stereocenters. The summed E-state index contributed by atoms with van der Waals surface area (Å²) in [6, 6.07) is 0.875. The van der Waals surface area contributed by atoms with Gasteiger partial charge in [0.15, 0.2) is 0 Å². The van der Waals surface area contributed by atoms with E-state index in [-0.39, 0.29) is 4.68 Å². The SMILES string of the molecule is O=Nc1ccn(C(F)(F)F)n1. The summed E-state index contributed by atoms with van der Waals surface area (Å²) in [4.78, 5) is 9.65. The van der Waals surface area contributed by atoms with Gasteiger partial charge in [0.25, 0.3) is 0 Å². The lowest BCUT2D eigenvalue weighted by atomic mass is 10.7. The third-order valence-electron chi connectivity index (χ3n) is 0.928. The molecule has 4 nitrogen and oxygen atoms in total. The molecule has 7 heteroatoms. The third-order valence-corrected chi connectivity index (χ3v) is 0.928. The summed E-state index contributed by atoms with van der Waals surface area (Å²) >= 11 is 0. The monoisotopic (exact) mass is 165 g/mol. The van der Waals surface area contributed by atoms with Crippen molar-refractivity contribution in [1.82, 2.24) is 9.78 Å². The molecule has 1 aromatic rings. The molecule has 1 heterocycles. The minimum atomic E-state index is -4.58. The molecule has 0 aliphatic rings. The average Bonchev–Trinajstić information content (AvgIpc) is 2.32. The first-order valence-electron chi connectivity index (χ1n) is 2.50. The van der Waals surface area contributed by atoms with Crippen LogP contribution < -0.4 is 0 Å². The number of alkyl halides is 3. The molecule has 0 aliphatic carbocycles. The number of nitrogens with zero attached hydrogens (tertiary/aromatic N) is 3. The molecule has 0 bridgehead atoms. The van der Waals surface area contributed by atoms with Crippen molar-refractivity contribution in [3.8, 4) is 0 Å². The predicted octanol–water partition coefficient (Wildman–Crippen LogP) is 1.76. The standard InChI is InChI=1S/C4H2F3N3O/c5-4(6,7)10-2-1-3(8-10)9-11/h1-2H. The maximum absolute atomic E-state index is 11.7. The Balaban J connectivity index is 2.98. The topological polar surface area (TPSA) is 47.2 Å². The average molecular weight is 165 g/mol. The Morgan fingerprint density at radius 1 is 1.55 bits per heavy atom. The molecule has 11 heavy (non-hydrogen) atoms. The summed E-state index contributed by atoms with van der Waals surface area (Å²) < 4.78 is 34.8. The van der Waals surface area contributed by atoms with E-state index < -0.39 is 12.1 Å². The van der Waals surface area contributed by atoms with Crippen LogP contribution in [0, 0.1) is 4.91 Å². The van der Waals surface area contributed by atoms with E-state index in [1.807, 2.05) is 0 Å². The fourth-order valence-electron chi connectivity index (χ4n) is 0.504. The molecule has 0 aromatic carbocycles. The number of hydrogen-bond donors (Lipinski definition) is 0. The first-order chi connectivity index (χ1) is 5.04. The van der Waals surface area contributed by atoms with Gasteiger partial charge in [-0.05, 0) is 5.18 Å². The van der Waals surface area contributed by atoms with Gasteiger partial charge in [-0.15, -0.1) is 23.2 Å². The molecule has 0 aliphatic heterocycles. The molecule has 0 spiro atoms. The van der Waals surface area contributed by atoms with Crippen molar-refractivity contribution in [3.05, 3.63) is 17.2 Å². The molecule has 1 rings (SSSR count). The number of hydrogen-bond acceptors (Lipinski definition) is 3. The van der Waals surface area contributed by atoms with E-state index in [0.717, 1.165) is 6.07 Å². The highest BCUT2D eigenvalue weighted by Crippen LogP contribution is 2.22. The van der Waals surface area contributed by atoms with E-state index in [1.54, 1.807) is 0 Å². The van der Waals surface area contributed by atoms with Gasteiger partial charge in [0, 0.05) is 12.3 Å². The first-order valence-corrected chi connectivity index (χ1v) is 2.50. The van der Waals surface area contributed by atoms with Gasteiger partial charge in [-0.2, -0.15) is 4.68 Å². The molecule has 0 saturated carbocycles. The fourth-order valence-corrected chi connectivity index (χ4v) is 0.504. The van der Waals surface area contributed by atoms with Crippen molar-refractivity contribution in [3.63, 3.8) is 0 Å². The van der Waals surface area contributed by atoms with Crippen molar-refractivity contribution < 1.29 is 13.2 Å². The molecular weight excluding hydrogens is 163 g/mol. The maximum atomic E-state index is 11.7. The molecule has 0 fully saturated rings. The van der Waals surface area contributed by atoms with Gasteiger partial charge in [0.2, 0.25) is 5.82 Å². The van der Waals surface area contributed by atoms with Gasteiger partial charge in [-0.1, -0.05) is 0 Å². The van der Waals surface area contributed by atoms with Crippen molar-refractivity contribution in [2.45, 2.75) is 6.30 Å². The minimum absolute atomic E-state index is 0.288. The van der Waals surface area contributed by atoms with Crippen molar-refractivity contribution in [2.24, 2.45) is 5.18 Å². The second-order valence-electron chi connectivity index (χ2n) is 1.68. The van der Waals surface area contributed by atoms with E-state index in [9.17, 15) is 18.1 Å². The summed E-state index contributed by atoms with van der Waals surface area (Å²) in [6.07, 6.45) is -3.96. The molecule has 1 aromatic heterocycles. The summed E-state index contributed by atoms with van der Waals surface area (Å²) in [6.45, 7) is 0. The highest BCUT2D eigenvalue weighted by molar-refractivity contribution is 5.22. The van der Waals surface area contributed by atoms with Crippen LogP contribution in [0.2, 0.25) is 0 Å². The van der Waals surface area contributed by atoms with Gasteiger partial charge in [0.05, 0.1) is 0 Å². The van der Waals surface area contributed by atoms with E-state index in [2.05, 4.69) is 10.3 Å². The highest BCUT2D eigenvalue weighted by atomic mass is 19.4. The second-order valence-corrected chi connectivity index (χ2v) is 1.68. The fraction of sp³-hybridized carbons (Fsp3) is 0.250. The van der Waals surface area contributed by atoms with Crippen LogP contribution in [0.5, 0.6) is 0 Å². The van der Waals surface area contributed by atoms with E-state index >= 15 is 0 Å². The van der Waals surface area contributed by atoms with Crippen LogP contribution in [0.4, 0.5) is 19.0 Å². The number of aromatic nitrogens is 2. The van der Waals surface area contributed by atoms with E-state index in [4.69, 9.17) is 0 Å². The zero-order valence-corrected chi connectivity index (χ0v) is 5.04. The Kier molecular flexibility index (Phi) is 1.63. The van der Waals surface area contributed by atoms with Crippen LogP contribution in [-0.4, -0.2) is 9.78 Å². The third kappa shape index (κ3) is 1.54. The Morgan fingerprint density at radius 2 is 2.18 bits per heavy atom. The Morgan fingerprint density at radius 3 is 2.45 bits per heavy atom. The van der Waals surface area contributed by atoms with Crippen LogP contribution >= 0.6 is 0 Å². The van der Waals surface area contributed by atoms with Gasteiger partial charge >= 0.3 is 6.30 Å². The molecule has 0 amide bonds. The smallest absolute Gasteiger partial charge is 0.177 e. The molecule has 0 N–H and O–H groups in total. The van der Waals surface area contributed by atoms with Crippen LogP contribution in [-0.2, 0) is 6.30 Å². The summed E-state index contributed by atoms with van der Waals surface area (Å²) in [5.41, 5.74) is 0. The van der Waals surface area contributed by atoms with Gasteiger partial charge in [-0.3, -0.25) is 0 Å². The van der Waals surface area contributed by atoms with Gasteiger partial charge in [-0.25, -0.2) is 0 Å². The van der Waals surface area contributed by atoms with Crippen LogP contribution in [0.25, 0.3) is 0 Å². The van der Waals surface area contributed by atoms with Crippen LogP contribution in [0.3, 0.4) is 0 Å². The van der Waals surface area contributed by atoms with E-state index in [0.29, 0.717) is 6.20 Å². The molecular formula is C4H2F3N3O. The highest BCUT2D eigenvalue weighted by Gasteiger charge is 2.31. The summed E-state index contributed by atoms with van der Waals surface area (Å²) in [5.74, 6) is -0.484. The van der Waals surface area contributed by atoms with Crippen LogP contribution in [0.1, 0.15) is 0 Å². The zero-order valence-electron chi connectivity index (χ0n) is 5.04. The number of rotatable bonds is 1. The quantitative estimate of drug-likeness (QED) is 0.595. The lowest BCUT2D eigenvalue weighted by molar-refractivity contribution is -0.212. The first kappa shape index (κ1) is 7.70. The maximum Gasteiger partial charge on any atom is 0.504 e. The number of nitroso groups, excluding NO2 is 1. The molecule has 60 valence electrons. The lowest BCUT2D eigenvalue weighted by Crippen LogP contribution is -2.16. The Labute approximate surface area is 58.6 Å². The lowest BCUT2D eigenvalue weighted by Gasteiger charge is -2.03. The summed E-state index contributed by atoms with van der Waals surface area (Å²) in [7, 11) is 0. The van der Waals surface area contributed by atoms with Gasteiger partial charge in [0.1, 0.15) is 0 Å². The largest absolute Gasteiger partial charge is 0.504 e.